The molecule has 2 aromatic carbocycles. The first-order valence-electron chi connectivity index (χ1n) is 15.9. The lowest BCUT2D eigenvalue weighted by molar-refractivity contribution is -0.137. The average molecular weight is 643 g/mol. The molecule has 4 rings (SSSR count). The van der Waals surface area contributed by atoms with E-state index in [9.17, 15) is 14.4 Å². The summed E-state index contributed by atoms with van der Waals surface area (Å²) in [5, 5.41) is 15.0. The van der Waals surface area contributed by atoms with Crippen LogP contribution in [0.5, 0.6) is 5.75 Å². The number of aromatic nitrogens is 4. The smallest absolute Gasteiger partial charge is 0.322 e. The van der Waals surface area contributed by atoms with Crippen LogP contribution in [-0.2, 0) is 21.5 Å². The van der Waals surface area contributed by atoms with Crippen molar-refractivity contribution in [3.63, 3.8) is 0 Å². The lowest BCUT2D eigenvalue weighted by Crippen LogP contribution is -2.29. The van der Waals surface area contributed by atoms with Gasteiger partial charge >= 0.3 is 5.97 Å². The molecule has 0 spiro atoms. The number of rotatable bonds is 15. The average Bonchev–Trinajstić information content (AvgIpc) is 3.58. The Labute approximate surface area is 276 Å². The van der Waals surface area contributed by atoms with Crippen LogP contribution in [0.4, 0.5) is 0 Å². The highest BCUT2D eigenvalue weighted by atomic mass is 16.5. The Hall–Kier alpha value is -5.06. The maximum Gasteiger partial charge on any atom is 0.322 e. The molecule has 4 aromatic rings. The molecule has 11 heteroatoms. The fourth-order valence-corrected chi connectivity index (χ4v) is 4.42. The number of carbonyl (C=O) groups is 3. The Balaban J connectivity index is 0.000000420. The van der Waals surface area contributed by atoms with E-state index < -0.39 is 11.9 Å². The van der Waals surface area contributed by atoms with Crippen molar-refractivity contribution in [3.05, 3.63) is 84.4 Å². The zero-order valence-corrected chi connectivity index (χ0v) is 27.7. The van der Waals surface area contributed by atoms with Crippen molar-refractivity contribution in [2.45, 2.75) is 78.2 Å². The van der Waals surface area contributed by atoms with Gasteiger partial charge in [0.1, 0.15) is 12.3 Å². The third-order valence-electron chi connectivity index (χ3n) is 7.20. The van der Waals surface area contributed by atoms with Crippen molar-refractivity contribution in [1.82, 2.24) is 25.1 Å². The van der Waals surface area contributed by atoms with Gasteiger partial charge in [-0.25, -0.2) is 9.97 Å². The quantitative estimate of drug-likeness (QED) is 0.132. The van der Waals surface area contributed by atoms with E-state index >= 15 is 0 Å². The summed E-state index contributed by atoms with van der Waals surface area (Å²) in [6.07, 6.45) is 13.6. The second kappa shape index (κ2) is 18.2. The molecular weight excluding hydrogens is 596 g/mol. The number of aryl methyl sites for hydroxylation is 1. The minimum absolute atomic E-state index is 0.103. The van der Waals surface area contributed by atoms with E-state index in [1.54, 1.807) is 10.9 Å². The molecule has 0 atom stereocenters. The Morgan fingerprint density at radius 3 is 2.06 bits per heavy atom. The third kappa shape index (κ3) is 12.7. The summed E-state index contributed by atoms with van der Waals surface area (Å²) < 4.78 is 7.55. The molecule has 0 bridgehead atoms. The molecule has 2 amide bonds. The normalized spacial score (nSPS) is 10.9. The second-order valence-electron chi connectivity index (χ2n) is 12.2. The van der Waals surface area contributed by atoms with Gasteiger partial charge in [0.25, 0.3) is 5.91 Å². The van der Waals surface area contributed by atoms with Crippen LogP contribution in [-0.4, -0.2) is 55.8 Å². The Morgan fingerprint density at radius 2 is 1.51 bits per heavy atom. The number of ether oxygens (including phenoxy) is 1. The van der Waals surface area contributed by atoms with E-state index in [1.807, 2.05) is 81.7 Å². The zero-order valence-electron chi connectivity index (χ0n) is 27.7. The first-order chi connectivity index (χ1) is 22.5. The van der Waals surface area contributed by atoms with E-state index in [2.05, 4.69) is 27.3 Å². The number of carboxylic acid groups (broad SMARTS) is 1. The molecule has 2 aromatic heterocycles. The van der Waals surface area contributed by atoms with Gasteiger partial charge in [-0.3, -0.25) is 19.1 Å². The highest BCUT2D eigenvalue weighted by molar-refractivity contribution is 5.92. The van der Waals surface area contributed by atoms with Crippen molar-refractivity contribution < 1.29 is 24.2 Å². The molecule has 2 heterocycles. The van der Waals surface area contributed by atoms with Crippen molar-refractivity contribution in [2.75, 3.05) is 13.2 Å². The number of carbonyl (C=O) groups excluding carboxylic acids is 2. The number of nitrogens with two attached hydrogens (primary N) is 1. The summed E-state index contributed by atoms with van der Waals surface area (Å²) in [6, 6.07) is 15.7. The number of aliphatic carboxylic acids is 1. The summed E-state index contributed by atoms with van der Waals surface area (Å²) in [6.45, 7) is 8.62. The predicted molar refractivity (Wildman–Crippen MR) is 182 cm³/mol. The number of carboxylic acids is 1. The molecule has 250 valence electrons. The van der Waals surface area contributed by atoms with Gasteiger partial charge in [-0.2, -0.15) is 5.10 Å². The maximum atomic E-state index is 11.7. The fourth-order valence-electron chi connectivity index (χ4n) is 4.42. The highest BCUT2D eigenvalue weighted by Crippen LogP contribution is 2.23. The summed E-state index contributed by atoms with van der Waals surface area (Å²) >= 11 is 0. The number of amides is 2. The van der Waals surface area contributed by atoms with E-state index in [0.29, 0.717) is 17.8 Å². The molecule has 0 saturated carbocycles. The Kier molecular flexibility index (Phi) is 14.1. The standard InChI is InChI=1S/C28H33N3O4.C8H13N3O/c1-2-3-4-5-6-17-35-25-14-12-22(13-15-25)24-18-30-28(31-19-24)23-10-7-21(8-11-23)9-16-26(32)29-20-27(33)34;1-8(2,3)11-5-6(4-10-11)7(9)12/h7-8,10-15,18-19H,2-6,9,16-17,20H2,1H3,(H,29,32)(H,33,34);4-5H,1-3H3,(H2,9,12). The zero-order chi connectivity index (χ0) is 34.2. The van der Waals surface area contributed by atoms with Crippen molar-refractivity contribution >= 4 is 17.8 Å². The second-order valence-corrected chi connectivity index (χ2v) is 12.2. The number of nitrogens with zero attached hydrogens (tertiary/aromatic N) is 4. The van der Waals surface area contributed by atoms with Crippen LogP contribution in [0.3, 0.4) is 0 Å². The summed E-state index contributed by atoms with van der Waals surface area (Å²) in [5.74, 6) is -0.269. The van der Waals surface area contributed by atoms with Crippen LogP contribution < -0.4 is 15.8 Å². The van der Waals surface area contributed by atoms with E-state index in [0.717, 1.165) is 41.0 Å². The van der Waals surface area contributed by atoms with Crippen molar-refractivity contribution in [1.29, 1.82) is 0 Å². The fraction of sp³-hybridized carbons (Fsp3) is 0.389. The first kappa shape index (κ1) is 36.4. The van der Waals surface area contributed by atoms with Crippen LogP contribution in [0.15, 0.2) is 73.3 Å². The van der Waals surface area contributed by atoms with Gasteiger partial charge in [-0.1, -0.05) is 69.0 Å². The topological polar surface area (TPSA) is 162 Å². The number of benzene rings is 2. The summed E-state index contributed by atoms with van der Waals surface area (Å²) in [4.78, 5) is 41.9. The minimum Gasteiger partial charge on any atom is -0.494 e. The Bertz CT molecular complexity index is 1560. The Morgan fingerprint density at radius 1 is 0.872 bits per heavy atom. The third-order valence-corrected chi connectivity index (χ3v) is 7.20. The molecule has 0 aliphatic carbocycles. The molecular formula is C36H46N6O5. The largest absolute Gasteiger partial charge is 0.494 e. The van der Waals surface area contributed by atoms with E-state index in [-0.39, 0.29) is 24.4 Å². The van der Waals surface area contributed by atoms with Crippen molar-refractivity contribution in [3.8, 4) is 28.3 Å². The van der Waals surface area contributed by atoms with Crippen LogP contribution >= 0.6 is 0 Å². The van der Waals surface area contributed by atoms with Gasteiger partial charge in [0.15, 0.2) is 5.82 Å². The van der Waals surface area contributed by atoms with Gasteiger partial charge in [-0.15, -0.1) is 0 Å². The van der Waals surface area contributed by atoms with Gasteiger partial charge < -0.3 is 20.9 Å². The van der Waals surface area contributed by atoms with Crippen LogP contribution in [0.1, 0.15) is 82.1 Å². The molecule has 0 saturated heterocycles. The molecule has 0 unspecified atom stereocenters. The SMILES string of the molecule is CC(C)(C)n1cc(C(N)=O)cn1.CCCCCCCOc1ccc(-c2cnc(-c3ccc(CCC(=O)NCC(=O)O)cc3)nc2)cc1. The molecule has 11 nitrogen and oxygen atoms in total. The predicted octanol–water partition coefficient (Wildman–Crippen LogP) is 6.03. The lowest BCUT2D eigenvalue weighted by Gasteiger charge is -2.18. The number of primary amides is 1. The van der Waals surface area contributed by atoms with Crippen LogP contribution in [0.2, 0.25) is 0 Å². The minimum atomic E-state index is -1.05. The van der Waals surface area contributed by atoms with Gasteiger partial charge in [0.2, 0.25) is 5.91 Å². The highest BCUT2D eigenvalue weighted by Gasteiger charge is 2.15. The maximum absolute atomic E-state index is 11.7. The molecule has 0 aliphatic rings. The molecule has 0 radical (unpaired) electrons. The van der Waals surface area contributed by atoms with Crippen LogP contribution in [0.25, 0.3) is 22.5 Å². The van der Waals surface area contributed by atoms with Crippen molar-refractivity contribution in [2.24, 2.45) is 5.73 Å². The van der Waals surface area contributed by atoms with Gasteiger partial charge in [0, 0.05) is 36.1 Å². The number of hydrogen-bond donors (Lipinski definition) is 3. The molecule has 0 aliphatic heterocycles. The molecule has 47 heavy (non-hydrogen) atoms. The van der Waals surface area contributed by atoms with Gasteiger partial charge in [0.05, 0.1) is 23.9 Å². The van der Waals surface area contributed by atoms with Gasteiger partial charge in [-0.05, 0) is 56.9 Å². The van der Waals surface area contributed by atoms with E-state index in [4.69, 9.17) is 15.6 Å². The summed E-state index contributed by atoms with van der Waals surface area (Å²) in [5.41, 5.74) is 9.26. The van der Waals surface area contributed by atoms with Crippen LogP contribution in [0, 0.1) is 0 Å². The van der Waals surface area contributed by atoms with E-state index in [1.165, 1.54) is 31.9 Å². The lowest BCUT2D eigenvalue weighted by atomic mass is 10.1. The number of nitrogens with one attached hydrogen (secondary N) is 1. The monoisotopic (exact) mass is 642 g/mol. The first-order valence-corrected chi connectivity index (χ1v) is 15.9. The summed E-state index contributed by atoms with van der Waals surface area (Å²) in [7, 11) is 0. The number of unbranched alkanes of at least 4 members (excludes halogenated alkanes) is 4. The molecule has 4 N–H and O–H groups in total. The number of hydrogen-bond acceptors (Lipinski definition) is 7. The molecule has 0 fully saturated rings.